The molecule has 4 rings (SSSR count). The summed E-state index contributed by atoms with van der Waals surface area (Å²) in [5.74, 6) is 0.949. The predicted molar refractivity (Wildman–Crippen MR) is 79.1 cm³/mol. The number of rotatable bonds is 1. The van der Waals surface area contributed by atoms with Gasteiger partial charge in [-0.15, -0.1) is 0 Å². The van der Waals surface area contributed by atoms with Crippen molar-refractivity contribution in [3.63, 3.8) is 0 Å². The molecular weight excluding hydrogens is 248 g/mol. The van der Waals surface area contributed by atoms with Crippen molar-refractivity contribution in [2.45, 2.75) is 12.8 Å². The fourth-order valence-electron chi connectivity index (χ4n) is 2.75. The van der Waals surface area contributed by atoms with Gasteiger partial charge in [0.2, 0.25) is 0 Å². The Balaban J connectivity index is 1.84. The van der Waals surface area contributed by atoms with E-state index >= 15 is 0 Å². The van der Waals surface area contributed by atoms with Gasteiger partial charge in [-0.1, -0.05) is 0 Å². The number of aromatic nitrogens is 3. The molecule has 0 aliphatic carbocycles. The average molecular weight is 262 g/mol. The van der Waals surface area contributed by atoms with Crippen LogP contribution in [0.3, 0.4) is 0 Å². The standard InChI is InChI=1S/C16H14N4/c1-3-13-5-6-15(19-16(13)18-8-1)20-10-2-4-12-7-9-17-11-14(12)20/h1,3,5-9,11H,2,4,10H2. The highest BCUT2D eigenvalue weighted by Gasteiger charge is 2.19. The summed E-state index contributed by atoms with van der Waals surface area (Å²) >= 11 is 0. The number of pyridine rings is 3. The SMILES string of the molecule is c1cnc2nc(N3CCCc4ccncc43)ccc2c1. The largest absolute Gasteiger partial charge is 0.325 e. The molecule has 4 nitrogen and oxygen atoms in total. The molecule has 1 aliphatic rings. The smallest absolute Gasteiger partial charge is 0.161 e. The van der Waals surface area contributed by atoms with Crippen molar-refractivity contribution >= 4 is 22.5 Å². The summed E-state index contributed by atoms with van der Waals surface area (Å²) in [6.07, 6.45) is 7.82. The Morgan fingerprint density at radius 1 is 1.05 bits per heavy atom. The minimum Gasteiger partial charge on any atom is -0.325 e. The molecule has 0 bridgehead atoms. The highest BCUT2D eigenvalue weighted by atomic mass is 15.2. The van der Waals surface area contributed by atoms with Crippen molar-refractivity contribution in [1.82, 2.24) is 15.0 Å². The van der Waals surface area contributed by atoms with E-state index in [0.717, 1.165) is 36.2 Å². The summed E-state index contributed by atoms with van der Waals surface area (Å²) < 4.78 is 0. The molecule has 0 amide bonds. The normalized spacial score (nSPS) is 14.3. The van der Waals surface area contributed by atoms with E-state index in [1.54, 1.807) is 6.20 Å². The molecule has 98 valence electrons. The first-order valence-corrected chi connectivity index (χ1v) is 6.84. The molecule has 0 N–H and O–H groups in total. The van der Waals surface area contributed by atoms with Crippen molar-refractivity contribution in [3.05, 3.63) is 54.5 Å². The van der Waals surface area contributed by atoms with Crippen LogP contribution in [0.15, 0.2) is 48.9 Å². The highest BCUT2D eigenvalue weighted by molar-refractivity contribution is 5.78. The van der Waals surface area contributed by atoms with E-state index in [0.29, 0.717) is 0 Å². The zero-order valence-corrected chi connectivity index (χ0v) is 11.0. The minimum atomic E-state index is 0.793. The molecule has 1 aliphatic heterocycles. The van der Waals surface area contributed by atoms with Crippen LogP contribution in [0, 0.1) is 0 Å². The van der Waals surface area contributed by atoms with Crippen LogP contribution in [0.5, 0.6) is 0 Å². The predicted octanol–water partition coefficient (Wildman–Crippen LogP) is 3.11. The Hall–Kier alpha value is -2.49. The molecule has 3 aromatic rings. The third kappa shape index (κ3) is 1.81. The lowest BCUT2D eigenvalue weighted by Gasteiger charge is -2.29. The minimum absolute atomic E-state index is 0.793. The lowest BCUT2D eigenvalue weighted by molar-refractivity contribution is 0.757. The maximum atomic E-state index is 4.68. The van der Waals surface area contributed by atoms with E-state index in [1.165, 1.54) is 11.3 Å². The Labute approximate surface area is 117 Å². The van der Waals surface area contributed by atoms with Crippen LogP contribution in [0.2, 0.25) is 0 Å². The molecule has 0 spiro atoms. The molecule has 3 aromatic heterocycles. The van der Waals surface area contributed by atoms with Gasteiger partial charge in [-0.2, -0.15) is 0 Å². The average Bonchev–Trinajstić information content (AvgIpc) is 2.54. The maximum absolute atomic E-state index is 4.68. The van der Waals surface area contributed by atoms with E-state index in [-0.39, 0.29) is 0 Å². The lowest BCUT2D eigenvalue weighted by Crippen LogP contribution is -2.25. The fourth-order valence-corrected chi connectivity index (χ4v) is 2.75. The van der Waals surface area contributed by atoms with Gasteiger partial charge in [0.05, 0.1) is 11.9 Å². The molecular formula is C16H14N4. The molecule has 0 aromatic carbocycles. The molecule has 4 heterocycles. The van der Waals surface area contributed by atoms with Gasteiger partial charge in [-0.05, 0) is 48.7 Å². The highest BCUT2D eigenvalue weighted by Crippen LogP contribution is 2.32. The summed E-state index contributed by atoms with van der Waals surface area (Å²) in [4.78, 5) is 15.5. The van der Waals surface area contributed by atoms with Gasteiger partial charge in [0.15, 0.2) is 5.65 Å². The summed E-state index contributed by atoms with van der Waals surface area (Å²) in [6, 6.07) is 10.2. The Kier molecular flexibility index (Phi) is 2.59. The van der Waals surface area contributed by atoms with Crippen LogP contribution in [0.4, 0.5) is 11.5 Å². The number of hydrogen-bond acceptors (Lipinski definition) is 4. The first-order valence-electron chi connectivity index (χ1n) is 6.84. The van der Waals surface area contributed by atoms with Crippen molar-refractivity contribution in [3.8, 4) is 0 Å². The van der Waals surface area contributed by atoms with E-state index in [4.69, 9.17) is 0 Å². The first kappa shape index (κ1) is 11.3. The van der Waals surface area contributed by atoms with Crippen molar-refractivity contribution in [1.29, 1.82) is 0 Å². The molecule has 0 saturated carbocycles. The molecule has 0 fully saturated rings. The second-order valence-corrected chi connectivity index (χ2v) is 4.98. The number of nitrogens with zero attached hydrogens (tertiary/aromatic N) is 4. The third-order valence-electron chi connectivity index (χ3n) is 3.73. The summed E-state index contributed by atoms with van der Waals surface area (Å²) in [5.41, 5.74) is 3.30. The quantitative estimate of drug-likeness (QED) is 0.675. The van der Waals surface area contributed by atoms with E-state index < -0.39 is 0 Å². The summed E-state index contributed by atoms with van der Waals surface area (Å²) in [5, 5.41) is 1.07. The van der Waals surface area contributed by atoms with Gasteiger partial charge in [-0.25, -0.2) is 9.97 Å². The molecule has 0 unspecified atom stereocenters. The first-order chi connectivity index (χ1) is 9.92. The summed E-state index contributed by atoms with van der Waals surface area (Å²) in [6.45, 7) is 0.976. The van der Waals surface area contributed by atoms with Gasteiger partial charge in [0.1, 0.15) is 5.82 Å². The van der Waals surface area contributed by atoms with Crippen LogP contribution < -0.4 is 4.90 Å². The zero-order valence-electron chi connectivity index (χ0n) is 11.0. The number of aryl methyl sites for hydroxylation is 1. The lowest BCUT2D eigenvalue weighted by atomic mass is 10.0. The van der Waals surface area contributed by atoms with Crippen molar-refractivity contribution in [2.24, 2.45) is 0 Å². The Morgan fingerprint density at radius 2 is 2.05 bits per heavy atom. The number of hydrogen-bond donors (Lipinski definition) is 0. The van der Waals surface area contributed by atoms with Gasteiger partial charge < -0.3 is 4.90 Å². The zero-order chi connectivity index (χ0) is 13.4. The third-order valence-corrected chi connectivity index (χ3v) is 3.73. The van der Waals surface area contributed by atoms with Crippen LogP contribution in [-0.4, -0.2) is 21.5 Å². The van der Waals surface area contributed by atoms with Gasteiger partial charge >= 0.3 is 0 Å². The van der Waals surface area contributed by atoms with E-state index in [1.807, 2.05) is 24.5 Å². The fraction of sp³-hybridized carbons (Fsp3) is 0.188. The van der Waals surface area contributed by atoms with Crippen LogP contribution in [0.25, 0.3) is 11.0 Å². The molecule has 0 radical (unpaired) electrons. The van der Waals surface area contributed by atoms with Crippen LogP contribution in [-0.2, 0) is 6.42 Å². The van der Waals surface area contributed by atoms with Crippen molar-refractivity contribution in [2.75, 3.05) is 11.4 Å². The molecule has 20 heavy (non-hydrogen) atoms. The summed E-state index contributed by atoms with van der Waals surface area (Å²) in [7, 11) is 0. The maximum Gasteiger partial charge on any atom is 0.161 e. The van der Waals surface area contributed by atoms with E-state index in [2.05, 4.69) is 38.1 Å². The van der Waals surface area contributed by atoms with Gasteiger partial charge in [0.25, 0.3) is 0 Å². The Bertz CT molecular complexity index is 769. The van der Waals surface area contributed by atoms with Crippen molar-refractivity contribution < 1.29 is 0 Å². The number of fused-ring (bicyclic) bond motifs is 2. The topological polar surface area (TPSA) is 41.9 Å². The van der Waals surface area contributed by atoms with E-state index in [9.17, 15) is 0 Å². The second-order valence-electron chi connectivity index (χ2n) is 4.98. The molecule has 4 heteroatoms. The number of anilines is 2. The van der Waals surface area contributed by atoms with Gasteiger partial charge in [-0.3, -0.25) is 4.98 Å². The van der Waals surface area contributed by atoms with Crippen LogP contribution >= 0.6 is 0 Å². The Morgan fingerprint density at radius 3 is 3.05 bits per heavy atom. The molecule has 0 saturated heterocycles. The molecule has 0 atom stereocenters. The van der Waals surface area contributed by atoms with Crippen LogP contribution in [0.1, 0.15) is 12.0 Å². The second kappa shape index (κ2) is 4.56. The van der Waals surface area contributed by atoms with Gasteiger partial charge in [0, 0.05) is 24.3 Å². The monoisotopic (exact) mass is 262 g/mol.